The third-order valence-corrected chi connectivity index (χ3v) is 6.14. The molecule has 1 heterocycles. The van der Waals surface area contributed by atoms with Crippen molar-refractivity contribution >= 4 is 22.8 Å². The van der Waals surface area contributed by atoms with E-state index in [2.05, 4.69) is 29.1 Å². The van der Waals surface area contributed by atoms with Crippen LogP contribution in [0.5, 0.6) is 0 Å². The number of fused-ring (bicyclic) bond motifs is 1. The van der Waals surface area contributed by atoms with Crippen molar-refractivity contribution in [3.05, 3.63) is 71.4 Å². The number of rotatable bonds is 11. The van der Waals surface area contributed by atoms with E-state index in [1.807, 2.05) is 54.7 Å². The molecule has 0 saturated carbocycles. The molecule has 0 aliphatic heterocycles. The van der Waals surface area contributed by atoms with Gasteiger partial charge in [-0.3, -0.25) is 14.8 Å². The van der Waals surface area contributed by atoms with Crippen molar-refractivity contribution in [2.24, 2.45) is 5.92 Å². The molecule has 1 aliphatic carbocycles. The van der Waals surface area contributed by atoms with E-state index >= 15 is 0 Å². The predicted octanol–water partition coefficient (Wildman–Crippen LogP) is 3.43. The Bertz CT molecular complexity index is 1210. The minimum Gasteiger partial charge on any atom is -0.465 e. The van der Waals surface area contributed by atoms with Gasteiger partial charge in [-0.05, 0) is 29.2 Å². The van der Waals surface area contributed by atoms with E-state index in [0.717, 1.165) is 40.4 Å². The van der Waals surface area contributed by atoms with E-state index in [1.165, 1.54) is 0 Å². The molecular weight excluding hydrogens is 430 g/mol. The van der Waals surface area contributed by atoms with Crippen LogP contribution in [0.25, 0.3) is 10.9 Å². The molecule has 2 aromatic carbocycles. The second kappa shape index (κ2) is 11.0. The molecule has 7 nitrogen and oxygen atoms in total. The maximum Gasteiger partial charge on any atom is 0.323 e. The fraction of sp³-hybridized carbons (Fsp3) is 0.333. The van der Waals surface area contributed by atoms with Gasteiger partial charge in [0.2, 0.25) is 0 Å². The van der Waals surface area contributed by atoms with Gasteiger partial charge in [-0.15, -0.1) is 0 Å². The topological polar surface area (TPSA) is 103 Å². The Hall–Kier alpha value is -3.60. The molecule has 7 heteroatoms. The molecule has 0 bridgehead atoms. The number of esters is 1. The van der Waals surface area contributed by atoms with Gasteiger partial charge in [-0.25, -0.2) is 5.48 Å². The number of nitrogens with one attached hydrogen (secondary N) is 3. The summed E-state index contributed by atoms with van der Waals surface area (Å²) < 4.78 is 5.53. The number of amides is 1. The standard InChI is InChI=1S/C27H29N3O4/c1-2-3-14-34-27(32)25(15-20-17-29-24-7-5-4-6-22(20)24)28-16-18-8-10-19(11-9-18)21-12-13-23(21)26(31)30-33/h4-11,17,21,23,25,28-29,33H,2-3,14-16H2,1H3,(H,30,31)/t21?,23?,25-/m0/s1. The highest BCUT2D eigenvalue weighted by atomic mass is 16.5. The lowest BCUT2D eigenvalue weighted by atomic mass is 9.79. The minimum atomic E-state index is -0.535. The van der Waals surface area contributed by atoms with E-state index in [9.17, 15) is 9.59 Å². The Morgan fingerprint density at radius 1 is 1.15 bits per heavy atom. The molecule has 34 heavy (non-hydrogen) atoms. The molecule has 4 N–H and O–H groups in total. The molecule has 0 fully saturated rings. The fourth-order valence-corrected chi connectivity index (χ4v) is 4.07. The lowest BCUT2D eigenvalue weighted by molar-refractivity contribution is -0.146. The van der Waals surface area contributed by atoms with Crippen molar-refractivity contribution in [1.82, 2.24) is 15.8 Å². The third kappa shape index (κ3) is 5.30. The first-order valence-corrected chi connectivity index (χ1v) is 11.6. The SMILES string of the molecule is CCCCOC(=O)[C@H](Cc1c[nH]c2ccccc12)NCc1ccc(C2C#CC2C(=O)NO)cc1. The normalized spacial score (nSPS) is 17.4. The van der Waals surface area contributed by atoms with Crippen LogP contribution in [0.1, 0.15) is 42.4 Å². The lowest BCUT2D eigenvalue weighted by Crippen LogP contribution is -2.39. The van der Waals surface area contributed by atoms with Crippen molar-refractivity contribution in [2.45, 2.75) is 44.7 Å². The molecule has 1 aromatic heterocycles. The second-order valence-electron chi connectivity index (χ2n) is 8.48. The van der Waals surface area contributed by atoms with Crippen LogP contribution in [-0.4, -0.2) is 34.7 Å². The third-order valence-electron chi connectivity index (χ3n) is 6.14. The number of ether oxygens (including phenoxy) is 1. The Labute approximate surface area is 198 Å². The molecule has 0 saturated heterocycles. The van der Waals surface area contributed by atoms with Gasteiger partial charge < -0.3 is 15.0 Å². The molecule has 0 radical (unpaired) electrons. The zero-order valence-electron chi connectivity index (χ0n) is 19.1. The largest absolute Gasteiger partial charge is 0.465 e. The first-order valence-electron chi connectivity index (χ1n) is 11.6. The Balaban J connectivity index is 1.42. The van der Waals surface area contributed by atoms with E-state index in [1.54, 1.807) is 5.48 Å². The first-order chi connectivity index (χ1) is 16.6. The summed E-state index contributed by atoms with van der Waals surface area (Å²) in [4.78, 5) is 27.8. The number of benzene rings is 2. The van der Waals surface area contributed by atoms with Crippen molar-refractivity contribution in [1.29, 1.82) is 0 Å². The highest BCUT2D eigenvalue weighted by Crippen LogP contribution is 2.30. The first kappa shape index (κ1) is 23.6. The van der Waals surface area contributed by atoms with Crippen LogP contribution in [0, 0.1) is 17.8 Å². The Morgan fingerprint density at radius 2 is 1.94 bits per heavy atom. The summed E-state index contributed by atoms with van der Waals surface area (Å²) in [5, 5.41) is 13.3. The quantitative estimate of drug-likeness (QED) is 0.116. The Kier molecular flexibility index (Phi) is 7.63. The van der Waals surface area contributed by atoms with Gasteiger partial charge in [0.05, 0.1) is 12.5 Å². The lowest BCUT2D eigenvalue weighted by Gasteiger charge is -2.23. The molecular formula is C27H29N3O4. The smallest absolute Gasteiger partial charge is 0.323 e. The number of carbonyl (C=O) groups excluding carboxylic acids is 2. The molecule has 1 amide bonds. The van der Waals surface area contributed by atoms with Crippen LogP contribution in [0.4, 0.5) is 0 Å². The van der Waals surface area contributed by atoms with Gasteiger partial charge >= 0.3 is 5.97 Å². The molecule has 1 aliphatic rings. The highest BCUT2D eigenvalue weighted by Gasteiger charge is 2.32. The number of para-hydroxylation sites is 1. The fourth-order valence-electron chi connectivity index (χ4n) is 4.07. The summed E-state index contributed by atoms with van der Waals surface area (Å²) in [6.07, 6.45) is 4.27. The van der Waals surface area contributed by atoms with E-state index < -0.39 is 17.9 Å². The van der Waals surface area contributed by atoms with Gasteiger partial charge in [0.1, 0.15) is 12.0 Å². The van der Waals surface area contributed by atoms with Crippen LogP contribution >= 0.6 is 0 Å². The summed E-state index contributed by atoms with van der Waals surface area (Å²) in [6, 6.07) is 15.3. The molecule has 176 valence electrons. The Morgan fingerprint density at radius 3 is 2.65 bits per heavy atom. The second-order valence-corrected chi connectivity index (χ2v) is 8.48. The maximum atomic E-state index is 12.9. The highest BCUT2D eigenvalue weighted by molar-refractivity contribution is 5.85. The number of hydroxylamine groups is 1. The number of hydrogen-bond acceptors (Lipinski definition) is 5. The monoisotopic (exact) mass is 459 g/mol. The molecule has 3 aromatic rings. The number of carbonyl (C=O) groups is 2. The van der Waals surface area contributed by atoms with Crippen LogP contribution in [0.3, 0.4) is 0 Å². The number of H-pyrrole nitrogens is 1. The molecule has 3 atom stereocenters. The number of hydrogen-bond donors (Lipinski definition) is 4. The van der Waals surface area contributed by atoms with Gasteiger partial charge in [-0.1, -0.05) is 67.6 Å². The van der Waals surface area contributed by atoms with Crippen molar-refractivity contribution < 1.29 is 19.5 Å². The summed E-state index contributed by atoms with van der Waals surface area (Å²) in [7, 11) is 0. The zero-order valence-corrected chi connectivity index (χ0v) is 19.1. The molecule has 0 spiro atoms. The van der Waals surface area contributed by atoms with Crippen LogP contribution in [0.15, 0.2) is 54.7 Å². The summed E-state index contributed by atoms with van der Waals surface area (Å²) in [6.45, 7) is 2.97. The van der Waals surface area contributed by atoms with Crippen LogP contribution < -0.4 is 10.8 Å². The van der Waals surface area contributed by atoms with Crippen molar-refractivity contribution in [3.8, 4) is 11.8 Å². The van der Waals surface area contributed by atoms with Gasteiger partial charge in [-0.2, -0.15) is 0 Å². The van der Waals surface area contributed by atoms with E-state index in [4.69, 9.17) is 9.94 Å². The van der Waals surface area contributed by atoms with Crippen LogP contribution in [0.2, 0.25) is 0 Å². The summed E-state index contributed by atoms with van der Waals surface area (Å²) in [5.41, 5.74) is 5.70. The number of aromatic nitrogens is 1. The average molecular weight is 460 g/mol. The summed E-state index contributed by atoms with van der Waals surface area (Å²) in [5.74, 6) is 4.25. The molecule has 2 unspecified atom stereocenters. The summed E-state index contributed by atoms with van der Waals surface area (Å²) >= 11 is 0. The predicted molar refractivity (Wildman–Crippen MR) is 129 cm³/mol. The zero-order chi connectivity index (χ0) is 23.9. The van der Waals surface area contributed by atoms with Crippen molar-refractivity contribution in [2.75, 3.05) is 6.61 Å². The van der Waals surface area contributed by atoms with Crippen LogP contribution in [-0.2, 0) is 27.3 Å². The van der Waals surface area contributed by atoms with Gasteiger partial charge in [0.25, 0.3) is 5.91 Å². The number of unbranched alkanes of at least 4 members (excludes halogenated alkanes) is 1. The van der Waals surface area contributed by atoms with Gasteiger partial charge in [0.15, 0.2) is 0 Å². The minimum absolute atomic E-state index is 0.225. The number of aromatic amines is 1. The maximum absolute atomic E-state index is 12.9. The molecule has 4 rings (SSSR count). The van der Waals surface area contributed by atoms with Gasteiger partial charge in [0, 0.05) is 30.1 Å². The van der Waals surface area contributed by atoms with E-state index in [-0.39, 0.29) is 11.9 Å². The average Bonchev–Trinajstić information content (AvgIpc) is 3.24. The van der Waals surface area contributed by atoms with Crippen molar-refractivity contribution in [3.63, 3.8) is 0 Å². The van der Waals surface area contributed by atoms with E-state index in [0.29, 0.717) is 19.6 Å².